The molecule has 0 bridgehead atoms. The van der Waals surface area contributed by atoms with E-state index in [-0.39, 0.29) is 6.10 Å². The quantitative estimate of drug-likeness (QED) is 0.833. The van der Waals surface area contributed by atoms with Crippen molar-refractivity contribution >= 4 is 0 Å². The fraction of sp³-hybridized carbons (Fsp3) is 0.538. The lowest BCUT2D eigenvalue weighted by molar-refractivity contribution is 0.194. The van der Waals surface area contributed by atoms with Gasteiger partial charge in [0.1, 0.15) is 11.5 Å². The number of aliphatic hydroxyl groups is 1. The fourth-order valence-electron chi connectivity index (χ4n) is 1.92. The average molecular weight is 224 g/mol. The zero-order valence-electron chi connectivity index (χ0n) is 10.4. The van der Waals surface area contributed by atoms with Crippen molar-refractivity contribution in [2.45, 2.75) is 32.8 Å². The van der Waals surface area contributed by atoms with Crippen molar-refractivity contribution in [3.63, 3.8) is 0 Å². The van der Waals surface area contributed by atoms with Crippen molar-refractivity contribution in [3.05, 3.63) is 23.3 Å². The van der Waals surface area contributed by atoms with Gasteiger partial charge in [0, 0.05) is 12.0 Å². The molecule has 16 heavy (non-hydrogen) atoms. The van der Waals surface area contributed by atoms with Gasteiger partial charge in [-0.15, -0.1) is 0 Å². The molecule has 0 saturated carbocycles. The normalized spacial score (nSPS) is 12.3. The molecule has 0 amide bonds. The second-order valence-corrected chi connectivity index (χ2v) is 3.85. The van der Waals surface area contributed by atoms with Crippen molar-refractivity contribution in [1.29, 1.82) is 0 Å². The van der Waals surface area contributed by atoms with E-state index in [0.717, 1.165) is 29.0 Å². The largest absolute Gasteiger partial charge is 0.496 e. The summed E-state index contributed by atoms with van der Waals surface area (Å²) in [4.78, 5) is 0. The Labute approximate surface area is 97.0 Å². The van der Waals surface area contributed by atoms with E-state index in [1.807, 2.05) is 12.1 Å². The van der Waals surface area contributed by atoms with Crippen LogP contribution in [-0.4, -0.2) is 25.4 Å². The van der Waals surface area contributed by atoms with Gasteiger partial charge in [-0.3, -0.25) is 0 Å². The lowest BCUT2D eigenvalue weighted by Crippen LogP contribution is -2.07. The van der Waals surface area contributed by atoms with Gasteiger partial charge in [0.2, 0.25) is 0 Å². The molecule has 90 valence electrons. The Balaban J connectivity index is 3.20. The molecule has 0 radical (unpaired) electrons. The number of methoxy groups -OCH3 is 2. The minimum atomic E-state index is -0.369. The molecule has 0 saturated heterocycles. The van der Waals surface area contributed by atoms with Crippen molar-refractivity contribution in [3.8, 4) is 11.5 Å². The number of ether oxygens (including phenoxy) is 2. The molecule has 1 aromatic carbocycles. The highest BCUT2D eigenvalue weighted by Crippen LogP contribution is 2.33. The third-order valence-corrected chi connectivity index (χ3v) is 2.59. The highest BCUT2D eigenvalue weighted by atomic mass is 16.5. The maximum absolute atomic E-state index is 9.43. The molecule has 0 heterocycles. The number of benzene rings is 1. The van der Waals surface area contributed by atoms with Crippen LogP contribution in [0.3, 0.4) is 0 Å². The molecule has 0 aliphatic heterocycles. The van der Waals surface area contributed by atoms with Gasteiger partial charge in [0.25, 0.3) is 0 Å². The minimum absolute atomic E-state index is 0.369. The van der Waals surface area contributed by atoms with Crippen LogP contribution in [0.1, 0.15) is 25.0 Å². The fourth-order valence-corrected chi connectivity index (χ4v) is 1.92. The van der Waals surface area contributed by atoms with Gasteiger partial charge in [-0.1, -0.05) is 13.0 Å². The third kappa shape index (κ3) is 2.67. The van der Waals surface area contributed by atoms with Crippen LogP contribution in [0.4, 0.5) is 0 Å². The maximum Gasteiger partial charge on any atom is 0.129 e. The van der Waals surface area contributed by atoms with Crippen molar-refractivity contribution in [2.24, 2.45) is 0 Å². The summed E-state index contributed by atoms with van der Waals surface area (Å²) in [5.74, 6) is 1.68. The second-order valence-electron chi connectivity index (χ2n) is 3.85. The molecule has 0 fully saturated rings. The highest BCUT2D eigenvalue weighted by Gasteiger charge is 2.14. The smallest absolute Gasteiger partial charge is 0.129 e. The van der Waals surface area contributed by atoms with Crippen LogP contribution in [0.25, 0.3) is 0 Å². The first-order valence-electron chi connectivity index (χ1n) is 5.54. The van der Waals surface area contributed by atoms with Gasteiger partial charge < -0.3 is 14.6 Å². The summed E-state index contributed by atoms with van der Waals surface area (Å²) in [6, 6.07) is 3.88. The molecule has 1 N–H and O–H groups in total. The van der Waals surface area contributed by atoms with Crippen LogP contribution in [0.2, 0.25) is 0 Å². The first-order chi connectivity index (χ1) is 7.63. The van der Waals surface area contributed by atoms with E-state index in [9.17, 15) is 5.11 Å². The Bertz CT molecular complexity index is 345. The van der Waals surface area contributed by atoms with E-state index in [1.165, 1.54) is 0 Å². The summed E-state index contributed by atoms with van der Waals surface area (Å²) >= 11 is 0. The second kappa shape index (κ2) is 5.75. The number of hydrogen-bond acceptors (Lipinski definition) is 3. The Kier molecular flexibility index (Phi) is 4.62. The molecule has 1 rings (SSSR count). The summed E-state index contributed by atoms with van der Waals surface area (Å²) in [5, 5.41) is 9.43. The first-order valence-corrected chi connectivity index (χ1v) is 5.54. The number of rotatable bonds is 5. The van der Waals surface area contributed by atoms with Gasteiger partial charge in [-0.05, 0) is 25.0 Å². The van der Waals surface area contributed by atoms with Crippen molar-refractivity contribution < 1.29 is 14.6 Å². The highest BCUT2D eigenvalue weighted by molar-refractivity contribution is 5.50. The molecule has 1 atom stereocenters. The monoisotopic (exact) mass is 224 g/mol. The Morgan fingerprint density at radius 3 is 2.38 bits per heavy atom. The van der Waals surface area contributed by atoms with Crippen LogP contribution in [0, 0.1) is 0 Å². The first kappa shape index (κ1) is 12.8. The predicted octanol–water partition coefficient (Wildman–Crippen LogP) is 2.19. The predicted molar refractivity (Wildman–Crippen MR) is 64.3 cm³/mol. The molecule has 1 unspecified atom stereocenters. The summed E-state index contributed by atoms with van der Waals surface area (Å²) in [6.07, 6.45) is 1.08. The molecular formula is C13H20O3. The lowest BCUT2D eigenvalue weighted by atomic mass is 10.0. The van der Waals surface area contributed by atoms with Gasteiger partial charge >= 0.3 is 0 Å². The van der Waals surface area contributed by atoms with Crippen LogP contribution < -0.4 is 9.47 Å². The molecule has 1 aromatic rings. The van der Waals surface area contributed by atoms with Crippen LogP contribution in [-0.2, 0) is 12.8 Å². The molecule has 0 aliphatic carbocycles. The van der Waals surface area contributed by atoms with Gasteiger partial charge in [0.15, 0.2) is 0 Å². The summed E-state index contributed by atoms with van der Waals surface area (Å²) in [7, 11) is 3.31. The van der Waals surface area contributed by atoms with Crippen LogP contribution >= 0.6 is 0 Å². The summed E-state index contributed by atoms with van der Waals surface area (Å²) in [6.45, 7) is 3.84. The van der Waals surface area contributed by atoms with E-state index < -0.39 is 0 Å². The van der Waals surface area contributed by atoms with E-state index >= 15 is 0 Å². The molecule has 3 heteroatoms. The lowest BCUT2D eigenvalue weighted by Gasteiger charge is -2.16. The topological polar surface area (TPSA) is 38.7 Å². The number of aliphatic hydroxyl groups excluding tert-OH is 1. The standard InChI is InChI=1S/C13H20O3/c1-5-11-12(15-3)7-6-10(8-9(2)14)13(11)16-4/h6-7,9,14H,5,8H2,1-4H3. The van der Waals surface area contributed by atoms with Crippen LogP contribution in [0.15, 0.2) is 12.1 Å². The van der Waals surface area contributed by atoms with Crippen molar-refractivity contribution in [1.82, 2.24) is 0 Å². The molecule has 0 aliphatic rings. The van der Waals surface area contributed by atoms with E-state index in [2.05, 4.69) is 6.92 Å². The Hall–Kier alpha value is -1.22. The average Bonchev–Trinajstić information content (AvgIpc) is 2.27. The van der Waals surface area contributed by atoms with E-state index in [0.29, 0.717) is 6.42 Å². The summed E-state index contributed by atoms with van der Waals surface area (Å²) in [5.41, 5.74) is 2.08. The zero-order chi connectivity index (χ0) is 12.1. The van der Waals surface area contributed by atoms with E-state index in [1.54, 1.807) is 21.1 Å². The molecule has 0 spiro atoms. The van der Waals surface area contributed by atoms with Gasteiger partial charge in [-0.25, -0.2) is 0 Å². The third-order valence-electron chi connectivity index (χ3n) is 2.59. The van der Waals surface area contributed by atoms with Gasteiger partial charge in [0.05, 0.1) is 20.3 Å². The molecule has 0 aromatic heterocycles. The maximum atomic E-state index is 9.43. The van der Waals surface area contributed by atoms with E-state index in [4.69, 9.17) is 9.47 Å². The van der Waals surface area contributed by atoms with Gasteiger partial charge in [-0.2, -0.15) is 0 Å². The minimum Gasteiger partial charge on any atom is -0.496 e. The zero-order valence-corrected chi connectivity index (χ0v) is 10.4. The molecular weight excluding hydrogens is 204 g/mol. The molecule has 3 nitrogen and oxygen atoms in total. The Morgan fingerprint density at radius 1 is 1.25 bits per heavy atom. The number of hydrogen-bond donors (Lipinski definition) is 1. The Morgan fingerprint density at radius 2 is 1.94 bits per heavy atom. The summed E-state index contributed by atoms with van der Waals surface area (Å²) < 4.78 is 10.7. The SMILES string of the molecule is CCc1c(OC)ccc(CC(C)O)c1OC. The van der Waals surface area contributed by atoms with Crippen molar-refractivity contribution in [2.75, 3.05) is 14.2 Å². The van der Waals surface area contributed by atoms with Crippen LogP contribution in [0.5, 0.6) is 11.5 Å².